The molecule has 1 rings (SSSR count). The highest BCUT2D eigenvalue weighted by atomic mass is 79.9. The van der Waals surface area contributed by atoms with Crippen molar-refractivity contribution in [1.82, 2.24) is 0 Å². The van der Waals surface area contributed by atoms with Gasteiger partial charge in [0.2, 0.25) is 0 Å². The second kappa shape index (κ2) is 6.14. The van der Waals surface area contributed by atoms with E-state index in [1.54, 1.807) is 0 Å². The molecule has 2 nitrogen and oxygen atoms in total. The van der Waals surface area contributed by atoms with Gasteiger partial charge in [0, 0.05) is 18.6 Å². The van der Waals surface area contributed by atoms with Crippen molar-refractivity contribution < 1.29 is 21.5 Å². The summed E-state index contributed by atoms with van der Waals surface area (Å²) in [4.78, 5) is 0. The van der Waals surface area contributed by atoms with E-state index < -0.39 is 0 Å². The summed E-state index contributed by atoms with van der Waals surface area (Å²) in [5, 5.41) is 0. The van der Waals surface area contributed by atoms with Crippen LogP contribution in [0.5, 0.6) is 0 Å². The van der Waals surface area contributed by atoms with Gasteiger partial charge in [-0.1, -0.05) is 0 Å². The van der Waals surface area contributed by atoms with Crippen molar-refractivity contribution in [3.8, 4) is 0 Å². The minimum Gasteiger partial charge on any atom is -1.00 e. The molecule has 0 amide bonds. The van der Waals surface area contributed by atoms with Crippen molar-refractivity contribution >= 4 is 0 Å². The van der Waals surface area contributed by atoms with Crippen molar-refractivity contribution in [2.75, 3.05) is 6.54 Å². The highest BCUT2D eigenvalue weighted by Gasteiger charge is 1.96. The topological polar surface area (TPSA) is 29.9 Å². The van der Waals surface area contributed by atoms with E-state index in [-0.39, 0.29) is 17.0 Å². The molecule has 0 unspecified atom stereocenters. The third-order valence-electron chi connectivity index (χ3n) is 1.68. The number of hydrogen-bond donors (Lipinski definition) is 1. The zero-order valence-electron chi connectivity index (χ0n) is 7.33. The van der Waals surface area contributed by atoms with Gasteiger partial charge in [0.05, 0.1) is 0 Å². The largest absolute Gasteiger partial charge is 1.00 e. The molecule has 0 aliphatic heterocycles. The smallest absolute Gasteiger partial charge is 0.169 e. The Morgan fingerprint density at radius 3 is 2.42 bits per heavy atom. The highest BCUT2D eigenvalue weighted by molar-refractivity contribution is 5.03. The average Bonchev–Trinajstić information content (AvgIpc) is 2.04. The van der Waals surface area contributed by atoms with Crippen LogP contribution in [-0.4, -0.2) is 6.54 Å². The molecule has 0 aliphatic rings. The number of aromatic nitrogens is 1. The molecule has 68 valence electrons. The van der Waals surface area contributed by atoms with Crippen molar-refractivity contribution in [3.63, 3.8) is 0 Å². The fourth-order valence-corrected chi connectivity index (χ4v) is 0.955. The molecular weight excluding hydrogens is 216 g/mol. The Hall–Kier alpha value is -0.410. The van der Waals surface area contributed by atoms with Gasteiger partial charge in [0.15, 0.2) is 12.4 Å². The SMILES string of the molecule is Cc1cc[n+](CCCN)cc1.[Br-]. The zero-order valence-corrected chi connectivity index (χ0v) is 8.92. The molecule has 1 heterocycles. The molecular formula is C9H15BrN2. The molecule has 1 aromatic rings. The van der Waals surface area contributed by atoms with E-state index in [1.807, 2.05) is 0 Å². The van der Waals surface area contributed by atoms with Gasteiger partial charge in [0.1, 0.15) is 6.54 Å². The molecule has 12 heavy (non-hydrogen) atoms. The maximum atomic E-state index is 5.39. The predicted octanol–water partition coefficient (Wildman–Crippen LogP) is -2.36. The van der Waals surface area contributed by atoms with E-state index in [0.717, 1.165) is 19.5 Å². The molecule has 0 aliphatic carbocycles. The van der Waals surface area contributed by atoms with E-state index in [9.17, 15) is 0 Å². The number of pyridine rings is 1. The summed E-state index contributed by atoms with van der Waals surface area (Å²) in [6, 6.07) is 4.22. The Labute approximate surface area is 84.2 Å². The standard InChI is InChI=1S/C9H15N2.BrH/c1-9-3-7-11(8-4-9)6-2-5-10;/h3-4,7-8H,2,5-6,10H2,1H3;1H/q+1;/p-1. The summed E-state index contributed by atoms with van der Waals surface area (Å²) in [6.07, 6.45) is 5.23. The maximum absolute atomic E-state index is 5.39. The second-order valence-corrected chi connectivity index (χ2v) is 2.76. The van der Waals surface area contributed by atoms with E-state index >= 15 is 0 Å². The van der Waals surface area contributed by atoms with Gasteiger partial charge in [0.25, 0.3) is 0 Å². The van der Waals surface area contributed by atoms with Gasteiger partial charge in [-0.05, 0) is 19.0 Å². The molecule has 2 N–H and O–H groups in total. The summed E-state index contributed by atoms with van der Waals surface area (Å²) in [6.45, 7) is 3.88. The van der Waals surface area contributed by atoms with Gasteiger partial charge >= 0.3 is 0 Å². The lowest BCUT2D eigenvalue weighted by atomic mass is 10.3. The van der Waals surface area contributed by atoms with Crippen LogP contribution in [-0.2, 0) is 6.54 Å². The molecule has 0 radical (unpaired) electrons. The molecule has 0 bridgehead atoms. The fourth-order valence-electron chi connectivity index (χ4n) is 0.955. The Bertz CT molecular complexity index is 208. The Morgan fingerprint density at radius 1 is 1.33 bits per heavy atom. The minimum atomic E-state index is 0. The van der Waals surface area contributed by atoms with Gasteiger partial charge < -0.3 is 22.7 Å². The van der Waals surface area contributed by atoms with Crippen LogP contribution in [0.4, 0.5) is 0 Å². The van der Waals surface area contributed by atoms with E-state index in [2.05, 4.69) is 36.0 Å². The van der Waals surface area contributed by atoms with Crippen LogP contribution >= 0.6 is 0 Å². The molecule has 0 saturated carbocycles. The summed E-state index contributed by atoms with van der Waals surface area (Å²) in [5.41, 5.74) is 6.69. The van der Waals surface area contributed by atoms with Gasteiger partial charge in [-0.15, -0.1) is 0 Å². The fraction of sp³-hybridized carbons (Fsp3) is 0.444. The molecule has 3 heteroatoms. The van der Waals surface area contributed by atoms with Crippen LogP contribution in [0.15, 0.2) is 24.5 Å². The number of nitrogens with zero attached hydrogens (tertiary/aromatic N) is 1. The summed E-state index contributed by atoms with van der Waals surface area (Å²) in [7, 11) is 0. The monoisotopic (exact) mass is 230 g/mol. The van der Waals surface area contributed by atoms with Crippen LogP contribution in [0.25, 0.3) is 0 Å². The Balaban J connectivity index is 0.00000121. The lowest BCUT2D eigenvalue weighted by Gasteiger charge is -1.94. The van der Waals surface area contributed by atoms with Gasteiger partial charge in [-0.2, -0.15) is 0 Å². The zero-order chi connectivity index (χ0) is 8.10. The second-order valence-electron chi connectivity index (χ2n) is 2.76. The number of nitrogens with two attached hydrogens (primary N) is 1. The van der Waals surface area contributed by atoms with Crippen LogP contribution in [0.2, 0.25) is 0 Å². The lowest BCUT2D eigenvalue weighted by Crippen LogP contribution is -3.00. The molecule has 0 atom stereocenters. The normalized spacial score (nSPS) is 9.17. The van der Waals surface area contributed by atoms with Gasteiger partial charge in [-0.3, -0.25) is 0 Å². The average molecular weight is 231 g/mol. The molecule has 1 aromatic heterocycles. The van der Waals surface area contributed by atoms with Crippen molar-refractivity contribution in [2.24, 2.45) is 5.73 Å². The molecule has 0 aromatic carbocycles. The number of aryl methyl sites for hydroxylation is 2. The minimum absolute atomic E-state index is 0. The third kappa shape index (κ3) is 3.83. The highest BCUT2D eigenvalue weighted by Crippen LogP contribution is 1.89. The van der Waals surface area contributed by atoms with Crippen molar-refractivity contribution in [3.05, 3.63) is 30.1 Å². The quantitative estimate of drug-likeness (QED) is 0.579. The van der Waals surface area contributed by atoms with Crippen LogP contribution in [0.3, 0.4) is 0 Å². The molecule has 0 saturated heterocycles. The Kier molecular flexibility index (Phi) is 5.93. The number of halogens is 1. The first-order chi connectivity index (χ1) is 5.33. The Morgan fingerprint density at radius 2 is 1.92 bits per heavy atom. The lowest BCUT2D eigenvalue weighted by molar-refractivity contribution is -0.697. The third-order valence-corrected chi connectivity index (χ3v) is 1.68. The van der Waals surface area contributed by atoms with E-state index in [1.165, 1.54) is 5.56 Å². The number of rotatable bonds is 3. The maximum Gasteiger partial charge on any atom is 0.169 e. The van der Waals surface area contributed by atoms with E-state index in [0.29, 0.717) is 0 Å². The van der Waals surface area contributed by atoms with Crippen LogP contribution in [0, 0.1) is 6.92 Å². The van der Waals surface area contributed by atoms with Crippen molar-refractivity contribution in [1.29, 1.82) is 0 Å². The first-order valence-electron chi connectivity index (χ1n) is 3.98. The van der Waals surface area contributed by atoms with Crippen LogP contribution < -0.4 is 27.3 Å². The molecule has 0 spiro atoms. The molecule has 0 fully saturated rings. The van der Waals surface area contributed by atoms with Crippen molar-refractivity contribution in [2.45, 2.75) is 19.9 Å². The summed E-state index contributed by atoms with van der Waals surface area (Å²) < 4.78 is 2.15. The first kappa shape index (κ1) is 11.6. The van der Waals surface area contributed by atoms with E-state index in [4.69, 9.17) is 5.73 Å². The predicted molar refractivity (Wildman–Crippen MR) is 45.0 cm³/mol. The summed E-state index contributed by atoms with van der Waals surface area (Å²) >= 11 is 0. The number of hydrogen-bond acceptors (Lipinski definition) is 1. The summed E-state index contributed by atoms with van der Waals surface area (Å²) in [5.74, 6) is 0. The first-order valence-corrected chi connectivity index (χ1v) is 3.98. The van der Waals surface area contributed by atoms with Gasteiger partial charge in [-0.25, -0.2) is 4.57 Å². The van der Waals surface area contributed by atoms with Crippen LogP contribution in [0.1, 0.15) is 12.0 Å².